The van der Waals surface area contributed by atoms with Crippen LogP contribution in [-0.4, -0.2) is 48.6 Å². The molecule has 1 aromatic rings. The summed E-state index contributed by atoms with van der Waals surface area (Å²) in [6, 6.07) is 3.87. The molecule has 2 amide bonds. The zero-order valence-electron chi connectivity index (χ0n) is 13.6. The third-order valence-corrected chi connectivity index (χ3v) is 4.03. The number of hydrogen-bond acceptors (Lipinski definition) is 3. The van der Waals surface area contributed by atoms with Crippen LogP contribution in [0.5, 0.6) is 0 Å². The van der Waals surface area contributed by atoms with Gasteiger partial charge in [0, 0.05) is 0 Å². The third kappa shape index (κ3) is 3.87. The normalized spacial score (nSPS) is 18.2. The molecule has 8 heteroatoms. The van der Waals surface area contributed by atoms with Crippen molar-refractivity contribution in [2.24, 2.45) is 0 Å². The van der Waals surface area contributed by atoms with Crippen LogP contribution < -0.4 is 10.2 Å². The molecule has 0 aromatic heterocycles. The van der Waals surface area contributed by atoms with Crippen LogP contribution in [0.4, 0.5) is 24.5 Å². The summed E-state index contributed by atoms with van der Waals surface area (Å²) in [4.78, 5) is 26.9. The van der Waals surface area contributed by atoms with Gasteiger partial charge in [-0.25, -0.2) is 0 Å². The minimum absolute atomic E-state index is 0.0721. The lowest BCUT2D eigenvalue weighted by molar-refractivity contribution is -0.158. The third-order valence-electron chi connectivity index (χ3n) is 4.03. The predicted molar refractivity (Wildman–Crippen MR) is 84.8 cm³/mol. The Labute approximate surface area is 138 Å². The molecule has 0 saturated heterocycles. The van der Waals surface area contributed by atoms with Gasteiger partial charge in [0.1, 0.15) is 6.04 Å². The fourth-order valence-corrected chi connectivity index (χ4v) is 2.71. The summed E-state index contributed by atoms with van der Waals surface area (Å²) >= 11 is 0. The van der Waals surface area contributed by atoms with Gasteiger partial charge in [-0.1, -0.05) is 26.0 Å². The number of benzene rings is 1. The van der Waals surface area contributed by atoms with E-state index in [1.807, 2.05) is 13.8 Å². The van der Waals surface area contributed by atoms with Crippen LogP contribution in [0.2, 0.25) is 0 Å². The number of likely N-dealkylation sites (N-methyl/N-ethyl adjacent to an activating group) is 1. The fourth-order valence-electron chi connectivity index (χ4n) is 2.71. The van der Waals surface area contributed by atoms with Crippen molar-refractivity contribution in [1.82, 2.24) is 4.90 Å². The van der Waals surface area contributed by atoms with Gasteiger partial charge in [0.25, 0.3) is 0 Å². The van der Waals surface area contributed by atoms with E-state index >= 15 is 0 Å². The molecule has 1 atom stereocenters. The molecule has 1 aliphatic heterocycles. The summed E-state index contributed by atoms with van der Waals surface area (Å²) in [5, 5.41) is 2.44. The van der Waals surface area contributed by atoms with Gasteiger partial charge in [-0.15, -0.1) is 0 Å². The van der Waals surface area contributed by atoms with Crippen molar-refractivity contribution < 1.29 is 22.8 Å². The Kier molecular flexibility index (Phi) is 5.48. The Bertz CT molecular complexity index is 615. The number of fused-ring (bicyclic) bond motifs is 1. The lowest BCUT2D eigenvalue weighted by atomic mass is 10.1. The van der Waals surface area contributed by atoms with E-state index < -0.39 is 30.5 Å². The molecule has 132 valence electrons. The van der Waals surface area contributed by atoms with Crippen molar-refractivity contribution in [3.63, 3.8) is 0 Å². The quantitative estimate of drug-likeness (QED) is 0.914. The highest BCUT2D eigenvalue weighted by molar-refractivity contribution is 6.05. The first-order chi connectivity index (χ1) is 11.3. The average molecular weight is 343 g/mol. The molecular formula is C16H20F3N3O2. The summed E-state index contributed by atoms with van der Waals surface area (Å²) in [6.07, 6.45) is -5.52. The molecule has 24 heavy (non-hydrogen) atoms. The van der Waals surface area contributed by atoms with E-state index in [-0.39, 0.29) is 17.9 Å². The molecule has 2 rings (SSSR count). The largest absolute Gasteiger partial charge is 0.409 e. The van der Waals surface area contributed by atoms with Gasteiger partial charge in [-0.05, 0) is 25.2 Å². The van der Waals surface area contributed by atoms with Crippen molar-refractivity contribution in [1.29, 1.82) is 0 Å². The van der Waals surface area contributed by atoms with Gasteiger partial charge in [0.15, 0.2) is 0 Å². The zero-order chi connectivity index (χ0) is 17.9. The summed E-state index contributed by atoms with van der Waals surface area (Å²) < 4.78 is 40.5. The Morgan fingerprint density at radius 2 is 1.92 bits per heavy atom. The molecule has 1 aliphatic rings. The maximum absolute atomic E-state index is 13.5. The lowest BCUT2D eigenvalue weighted by Gasteiger charge is -2.33. The van der Waals surface area contributed by atoms with Gasteiger partial charge >= 0.3 is 6.18 Å². The Balaban J connectivity index is 2.47. The van der Waals surface area contributed by atoms with Crippen LogP contribution in [0.25, 0.3) is 0 Å². The number of alkyl halides is 3. The second kappa shape index (κ2) is 7.21. The highest BCUT2D eigenvalue weighted by Crippen LogP contribution is 2.37. The Hall–Kier alpha value is -2.09. The number of nitrogens with one attached hydrogen (secondary N) is 1. The highest BCUT2D eigenvalue weighted by Gasteiger charge is 2.49. The SMILES string of the molecule is CCN(CC)CC(=O)N1c2ccccc2NC(=O)CC1C(F)(F)F. The van der Waals surface area contributed by atoms with Crippen molar-refractivity contribution in [2.75, 3.05) is 29.9 Å². The van der Waals surface area contributed by atoms with Crippen LogP contribution in [0.1, 0.15) is 20.3 Å². The van der Waals surface area contributed by atoms with E-state index in [0.717, 1.165) is 0 Å². The number of halogens is 3. The number of hydrogen-bond donors (Lipinski definition) is 1. The van der Waals surface area contributed by atoms with Crippen LogP contribution in [0, 0.1) is 0 Å². The molecule has 1 unspecified atom stereocenters. The minimum Gasteiger partial charge on any atom is -0.324 e. The molecule has 0 aliphatic carbocycles. The second-order valence-electron chi connectivity index (χ2n) is 5.55. The van der Waals surface area contributed by atoms with Crippen LogP contribution in [0.15, 0.2) is 24.3 Å². The second-order valence-corrected chi connectivity index (χ2v) is 5.55. The van der Waals surface area contributed by atoms with Gasteiger partial charge < -0.3 is 5.32 Å². The van der Waals surface area contributed by atoms with E-state index in [2.05, 4.69) is 5.32 Å². The van der Waals surface area contributed by atoms with E-state index in [1.54, 1.807) is 17.0 Å². The van der Waals surface area contributed by atoms with Crippen molar-refractivity contribution in [2.45, 2.75) is 32.5 Å². The number of para-hydroxylation sites is 2. The summed E-state index contributed by atoms with van der Waals surface area (Å²) in [6.45, 7) is 4.62. The van der Waals surface area contributed by atoms with Crippen molar-refractivity contribution >= 4 is 23.2 Å². The zero-order valence-corrected chi connectivity index (χ0v) is 13.6. The van der Waals surface area contributed by atoms with E-state index in [1.165, 1.54) is 12.1 Å². The monoisotopic (exact) mass is 343 g/mol. The molecule has 1 aromatic carbocycles. The molecule has 1 N–H and O–H groups in total. The molecule has 0 saturated carbocycles. The smallest absolute Gasteiger partial charge is 0.324 e. The van der Waals surface area contributed by atoms with Crippen molar-refractivity contribution in [3.05, 3.63) is 24.3 Å². The number of amides is 2. The molecule has 0 radical (unpaired) electrons. The molecular weight excluding hydrogens is 323 g/mol. The Morgan fingerprint density at radius 3 is 2.50 bits per heavy atom. The van der Waals surface area contributed by atoms with Crippen LogP contribution >= 0.6 is 0 Å². The highest BCUT2D eigenvalue weighted by atomic mass is 19.4. The fraction of sp³-hybridized carbons (Fsp3) is 0.500. The lowest BCUT2D eigenvalue weighted by Crippen LogP contribution is -2.52. The Morgan fingerprint density at radius 1 is 1.29 bits per heavy atom. The first-order valence-electron chi connectivity index (χ1n) is 7.77. The predicted octanol–water partition coefficient (Wildman–Crippen LogP) is 2.63. The molecule has 0 spiro atoms. The minimum atomic E-state index is -4.70. The molecule has 0 fully saturated rings. The van der Waals surface area contributed by atoms with Gasteiger partial charge in [-0.2, -0.15) is 13.2 Å². The van der Waals surface area contributed by atoms with Crippen molar-refractivity contribution in [3.8, 4) is 0 Å². The number of carbonyl (C=O) groups excluding carboxylic acids is 2. The van der Waals surface area contributed by atoms with E-state index in [9.17, 15) is 22.8 Å². The summed E-state index contributed by atoms with van der Waals surface area (Å²) in [5.41, 5.74) is 0.282. The maximum atomic E-state index is 13.5. The van der Waals surface area contributed by atoms with E-state index in [4.69, 9.17) is 0 Å². The average Bonchev–Trinajstić information content (AvgIpc) is 2.67. The molecule has 5 nitrogen and oxygen atoms in total. The van der Waals surface area contributed by atoms with Crippen LogP contribution in [0.3, 0.4) is 0 Å². The van der Waals surface area contributed by atoms with Gasteiger partial charge in [0.2, 0.25) is 11.8 Å². The number of carbonyl (C=O) groups is 2. The summed E-state index contributed by atoms with van der Waals surface area (Å²) in [5.74, 6) is -1.44. The maximum Gasteiger partial charge on any atom is 0.409 e. The summed E-state index contributed by atoms with van der Waals surface area (Å²) in [7, 11) is 0. The van der Waals surface area contributed by atoms with Gasteiger partial charge in [-0.3, -0.25) is 19.4 Å². The topological polar surface area (TPSA) is 52.7 Å². The number of nitrogens with zero attached hydrogens (tertiary/aromatic N) is 2. The van der Waals surface area contributed by atoms with Crippen LogP contribution in [-0.2, 0) is 9.59 Å². The van der Waals surface area contributed by atoms with E-state index in [0.29, 0.717) is 18.0 Å². The molecule has 0 bridgehead atoms. The number of rotatable bonds is 4. The van der Waals surface area contributed by atoms with Gasteiger partial charge in [0.05, 0.1) is 24.3 Å². The first-order valence-corrected chi connectivity index (χ1v) is 7.77. The standard InChI is InChI=1S/C16H20F3N3O2/c1-3-21(4-2)10-15(24)22-12-8-6-5-7-11(12)20-14(23)9-13(22)16(17,18)19/h5-8,13H,3-4,9-10H2,1-2H3,(H,20,23). The molecule has 1 heterocycles. The first kappa shape index (κ1) is 18.3. The number of anilines is 2.